The van der Waals surface area contributed by atoms with Crippen molar-refractivity contribution in [1.29, 1.82) is 0 Å². The molecule has 106 valence electrons. The van der Waals surface area contributed by atoms with Crippen LogP contribution in [0.4, 0.5) is 10.1 Å². The van der Waals surface area contributed by atoms with E-state index in [2.05, 4.69) is 10.3 Å². The molecule has 2 amide bonds. The first kappa shape index (κ1) is 13.2. The molecule has 1 N–H and O–H groups in total. The number of hydrogen-bond acceptors (Lipinski definition) is 3. The Bertz CT molecular complexity index is 700. The fourth-order valence-corrected chi connectivity index (χ4v) is 2.21. The van der Waals surface area contributed by atoms with E-state index >= 15 is 0 Å². The van der Waals surface area contributed by atoms with Crippen LogP contribution in [0.5, 0.6) is 0 Å². The zero-order valence-corrected chi connectivity index (χ0v) is 11.0. The van der Waals surface area contributed by atoms with Gasteiger partial charge in [0.1, 0.15) is 18.1 Å². The van der Waals surface area contributed by atoms with Crippen LogP contribution < -0.4 is 5.32 Å². The molecule has 0 unspecified atom stereocenters. The summed E-state index contributed by atoms with van der Waals surface area (Å²) in [6.07, 6.45) is 0.985. The summed E-state index contributed by atoms with van der Waals surface area (Å²) in [6.45, 7) is 0.235. The second-order valence-electron chi connectivity index (χ2n) is 4.73. The standard InChI is InChI=1S/C15H12FN3O2/c16-11-5-6-13(17-7-11)15(21)19-8-10-3-1-2-4-12(10)18-14(20)9-19/h1-7H,8-9H2,(H,18,20). The molecule has 0 atom stereocenters. The van der Waals surface area contributed by atoms with Crippen molar-refractivity contribution in [3.05, 3.63) is 59.7 Å². The first-order valence-corrected chi connectivity index (χ1v) is 6.42. The van der Waals surface area contributed by atoms with Gasteiger partial charge in [-0.2, -0.15) is 0 Å². The molecule has 21 heavy (non-hydrogen) atoms. The third-order valence-electron chi connectivity index (χ3n) is 3.22. The second-order valence-corrected chi connectivity index (χ2v) is 4.73. The molecule has 1 aromatic heterocycles. The quantitative estimate of drug-likeness (QED) is 0.869. The minimum atomic E-state index is -0.509. The van der Waals surface area contributed by atoms with Crippen molar-refractivity contribution in [2.24, 2.45) is 0 Å². The van der Waals surface area contributed by atoms with Crippen LogP contribution in [-0.2, 0) is 11.3 Å². The van der Waals surface area contributed by atoms with E-state index in [9.17, 15) is 14.0 Å². The van der Waals surface area contributed by atoms with Crippen molar-refractivity contribution < 1.29 is 14.0 Å². The molecule has 2 heterocycles. The zero-order chi connectivity index (χ0) is 14.8. The van der Waals surface area contributed by atoms with E-state index < -0.39 is 11.7 Å². The van der Waals surface area contributed by atoms with Crippen LogP contribution in [0.1, 0.15) is 16.1 Å². The molecule has 1 aromatic carbocycles. The van der Waals surface area contributed by atoms with E-state index in [4.69, 9.17) is 0 Å². The Morgan fingerprint density at radius 2 is 2.00 bits per heavy atom. The number of hydrogen-bond donors (Lipinski definition) is 1. The Labute approximate surface area is 120 Å². The van der Waals surface area contributed by atoms with E-state index in [0.717, 1.165) is 11.8 Å². The Kier molecular flexibility index (Phi) is 3.35. The predicted molar refractivity (Wildman–Crippen MR) is 74.0 cm³/mol. The highest BCUT2D eigenvalue weighted by molar-refractivity contribution is 5.99. The lowest BCUT2D eigenvalue weighted by atomic mass is 10.1. The average Bonchev–Trinajstić information content (AvgIpc) is 2.65. The van der Waals surface area contributed by atoms with Gasteiger partial charge in [0.15, 0.2) is 0 Å². The normalized spacial score (nSPS) is 14.1. The van der Waals surface area contributed by atoms with Gasteiger partial charge in [-0.1, -0.05) is 18.2 Å². The number of amides is 2. The van der Waals surface area contributed by atoms with Crippen molar-refractivity contribution in [2.75, 3.05) is 11.9 Å². The number of nitrogens with zero attached hydrogens (tertiary/aromatic N) is 2. The van der Waals surface area contributed by atoms with E-state index in [1.165, 1.54) is 17.0 Å². The van der Waals surface area contributed by atoms with Gasteiger partial charge in [-0.3, -0.25) is 9.59 Å². The molecule has 0 saturated carbocycles. The summed E-state index contributed by atoms with van der Waals surface area (Å²) in [5.41, 5.74) is 1.66. The van der Waals surface area contributed by atoms with Crippen molar-refractivity contribution in [3.8, 4) is 0 Å². The number of nitrogens with one attached hydrogen (secondary N) is 1. The first-order valence-electron chi connectivity index (χ1n) is 6.42. The molecule has 0 fully saturated rings. The van der Waals surface area contributed by atoms with Crippen LogP contribution in [-0.4, -0.2) is 28.2 Å². The van der Waals surface area contributed by atoms with Gasteiger partial charge in [0.25, 0.3) is 5.91 Å². The molecule has 6 heteroatoms. The van der Waals surface area contributed by atoms with Crippen LogP contribution in [0.2, 0.25) is 0 Å². The highest BCUT2D eigenvalue weighted by atomic mass is 19.1. The van der Waals surface area contributed by atoms with Crippen LogP contribution in [0, 0.1) is 5.82 Å². The van der Waals surface area contributed by atoms with Crippen LogP contribution >= 0.6 is 0 Å². The topological polar surface area (TPSA) is 62.3 Å². The van der Waals surface area contributed by atoms with E-state index in [1.807, 2.05) is 18.2 Å². The van der Waals surface area contributed by atoms with Gasteiger partial charge in [0, 0.05) is 12.2 Å². The molecule has 2 aromatic rings. The molecule has 0 aliphatic carbocycles. The molecule has 0 spiro atoms. The smallest absolute Gasteiger partial charge is 0.273 e. The number of pyridine rings is 1. The van der Waals surface area contributed by atoms with E-state index in [0.29, 0.717) is 12.2 Å². The fourth-order valence-electron chi connectivity index (χ4n) is 2.21. The highest BCUT2D eigenvalue weighted by Gasteiger charge is 2.24. The molecule has 3 rings (SSSR count). The largest absolute Gasteiger partial charge is 0.324 e. The summed E-state index contributed by atoms with van der Waals surface area (Å²) in [6, 6.07) is 9.78. The summed E-state index contributed by atoms with van der Waals surface area (Å²) in [7, 11) is 0. The van der Waals surface area contributed by atoms with Gasteiger partial charge in [0.2, 0.25) is 5.91 Å². The van der Waals surface area contributed by atoms with Gasteiger partial charge in [0.05, 0.1) is 6.20 Å². The van der Waals surface area contributed by atoms with Gasteiger partial charge in [-0.25, -0.2) is 9.37 Å². The minimum absolute atomic E-state index is 0.0629. The third-order valence-corrected chi connectivity index (χ3v) is 3.22. The maximum atomic E-state index is 12.9. The number of anilines is 1. The van der Waals surface area contributed by atoms with Crippen molar-refractivity contribution in [3.63, 3.8) is 0 Å². The van der Waals surface area contributed by atoms with E-state index in [1.54, 1.807) is 6.07 Å². The van der Waals surface area contributed by atoms with Crippen LogP contribution in [0.3, 0.4) is 0 Å². The summed E-state index contributed by atoms with van der Waals surface area (Å²) < 4.78 is 12.9. The van der Waals surface area contributed by atoms with Crippen molar-refractivity contribution in [1.82, 2.24) is 9.88 Å². The van der Waals surface area contributed by atoms with Gasteiger partial charge < -0.3 is 10.2 Å². The van der Waals surface area contributed by atoms with Crippen LogP contribution in [0.25, 0.3) is 0 Å². The molecular formula is C15H12FN3O2. The molecular weight excluding hydrogens is 273 g/mol. The summed E-state index contributed by atoms with van der Waals surface area (Å²) in [5, 5.41) is 2.75. The molecule has 0 radical (unpaired) electrons. The third kappa shape index (κ3) is 2.74. The molecule has 5 nitrogen and oxygen atoms in total. The van der Waals surface area contributed by atoms with Crippen molar-refractivity contribution >= 4 is 17.5 Å². The Morgan fingerprint density at radius 3 is 2.76 bits per heavy atom. The van der Waals surface area contributed by atoms with Gasteiger partial charge >= 0.3 is 0 Å². The number of carbonyl (C=O) groups is 2. The van der Waals surface area contributed by atoms with Crippen LogP contribution in [0.15, 0.2) is 42.6 Å². The number of fused-ring (bicyclic) bond motifs is 1. The average molecular weight is 285 g/mol. The second kappa shape index (κ2) is 5.32. The number of aromatic nitrogens is 1. The SMILES string of the molecule is O=C1CN(C(=O)c2ccc(F)cn2)Cc2ccccc2N1. The number of halogens is 1. The summed E-state index contributed by atoms with van der Waals surface area (Å²) in [5.74, 6) is -1.18. The lowest BCUT2D eigenvalue weighted by Crippen LogP contribution is -2.35. The summed E-state index contributed by atoms with van der Waals surface area (Å²) >= 11 is 0. The molecule has 1 aliphatic rings. The van der Waals surface area contributed by atoms with Gasteiger partial charge in [-0.15, -0.1) is 0 Å². The number of para-hydroxylation sites is 1. The van der Waals surface area contributed by atoms with Crippen molar-refractivity contribution in [2.45, 2.75) is 6.54 Å². The van der Waals surface area contributed by atoms with Gasteiger partial charge in [-0.05, 0) is 23.8 Å². The lowest BCUT2D eigenvalue weighted by Gasteiger charge is -2.19. The molecule has 0 bridgehead atoms. The number of rotatable bonds is 1. The maximum absolute atomic E-state index is 12.9. The molecule has 1 aliphatic heterocycles. The fraction of sp³-hybridized carbons (Fsp3) is 0.133. The monoisotopic (exact) mass is 285 g/mol. The van der Waals surface area contributed by atoms with E-state index in [-0.39, 0.29) is 18.1 Å². The number of benzene rings is 1. The predicted octanol–water partition coefficient (Wildman–Crippen LogP) is 1.82. The maximum Gasteiger partial charge on any atom is 0.273 e. The Hall–Kier alpha value is -2.76. The minimum Gasteiger partial charge on any atom is -0.324 e. The first-order chi connectivity index (χ1) is 10.1. The Balaban J connectivity index is 1.90. The highest BCUT2D eigenvalue weighted by Crippen LogP contribution is 2.21. The lowest BCUT2D eigenvalue weighted by molar-refractivity contribution is -0.116. The summed E-state index contributed by atoms with van der Waals surface area (Å²) in [4.78, 5) is 29.4. The zero-order valence-electron chi connectivity index (χ0n) is 11.0. The number of carbonyl (C=O) groups excluding carboxylic acids is 2. The Morgan fingerprint density at radius 1 is 1.19 bits per heavy atom. The molecule has 0 saturated heterocycles.